The van der Waals surface area contributed by atoms with Gasteiger partial charge in [0.05, 0.1) is 6.61 Å². The fourth-order valence-electron chi connectivity index (χ4n) is 1.62. The molecule has 0 radical (unpaired) electrons. The summed E-state index contributed by atoms with van der Waals surface area (Å²) in [6.45, 7) is 4.23. The first-order chi connectivity index (χ1) is 6.43. The Kier molecular flexibility index (Phi) is 6.73. The summed E-state index contributed by atoms with van der Waals surface area (Å²) in [5, 5.41) is 0.811. The molecular formula is C11H22OS. The van der Waals surface area contributed by atoms with E-state index in [1.54, 1.807) is 0 Å². The number of ether oxygens (including phenoxy) is 1. The first-order valence-corrected chi connectivity index (χ1v) is 6.67. The molecular weight excluding hydrogens is 180 g/mol. The van der Waals surface area contributed by atoms with Crippen molar-refractivity contribution in [1.29, 1.82) is 0 Å². The van der Waals surface area contributed by atoms with E-state index in [4.69, 9.17) is 4.74 Å². The molecule has 1 unspecified atom stereocenters. The Morgan fingerprint density at radius 1 is 1.31 bits per heavy atom. The van der Waals surface area contributed by atoms with Crippen molar-refractivity contribution in [2.75, 3.05) is 19.0 Å². The van der Waals surface area contributed by atoms with Crippen LogP contribution in [-0.4, -0.2) is 24.2 Å². The van der Waals surface area contributed by atoms with Crippen molar-refractivity contribution in [3.05, 3.63) is 0 Å². The first-order valence-electron chi connectivity index (χ1n) is 5.63. The highest BCUT2D eigenvalue weighted by Gasteiger charge is 2.14. The molecule has 1 aliphatic rings. The predicted molar refractivity (Wildman–Crippen MR) is 60.4 cm³/mol. The Morgan fingerprint density at radius 2 is 2.23 bits per heavy atom. The minimum absolute atomic E-state index is 0.811. The van der Waals surface area contributed by atoms with Crippen LogP contribution in [0.5, 0.6) is 0 Å². The van der Waals surface area contributed by atoms with Crippen LogP contribution in [0.15, 0.2) is 0 Å². The number of unbranched alkanes of at least 4 members (excludes halogenated alkanes) is 3. The second-order valence-electron chi connectivity index (χ2n) is 3.77. The summed E-state index contributed by atoms with van der Waals surface area (Å²) in [6, 6.07) is 0. The van der Waals surface area contributed by atoms with E-state index in [-0.39, 0.29) is 0 Å². The van der Waals surface area contributed by atoms with Gasteiger partial charge < -0.3 is 4.74 Å². The molecule has 1 fully saturated rings. The first kappa shape index (κ1) is 11.4. The van der Waals surface area contributed by atoms with E-state index in [1.165, 1.54) is 44.3 Å². The maximum atomic E-state index is 5.64. The third-order valence-electron chi connectivity index (χ3n) is 2.47. The zero-order valence-corrected chi connectivity index (χ0v) is 9.57. The molecule has 2 heteroatoms. The predicted octanol–water partition coefficient (Wildman–Crippen LogP) is 3.48. The van der Waals surface area contributed by atoms with Crippen LogP contribution in [0.3, 0.4) is 0 Å². The fourth-order valence-corrected chi connectivity index (χ4v) is 2.81. The molecule has 0 spiro atoms. The summed E-state index contributed by atoms with van der Waals surface area (Å²) in [4.78, 5) is 0. The van der Waals surface area contributed by atoms with Gasteiger partial charge in [-0.2, -0.15) is 11.8 Å². The molecule has 13 heavy (non-hydrogen) atoms. The smallest absolute Gasteiger partial charge is 0.0584 e. The van der Waals surface area contributed by atoms with E-state index in [2.05, 4.69) is 18.7 Å². The fraction of sp³-hybridized carbons (Fsp3) is 1.00. The lowest BCUT2D eigenvalue weighted by Gasteiger charge is -2.08. The molecule has 0 aliphatic carbocycles. The number of hydrogen-bond acceptors (Lipinski definition) is 2. The van der Waals surface area contributed by atoms with Gasteiger partial charge in [-0.1, -0.05) is 26.2 Å². The van der Waals surface area contributed by atoms with Gasteiger partial charge in [-0.3, -0.25) is 0 Å². The topological polar surface area (TPSA) is 9.23 Å². The summed E-state index contributed by atoms with van der Waals surface area (Å²) in [7, 11) is 0. The normalized spacial score (nSPS) is 22.4. The van der Waals surface area contributed by atoms with Crippen LogP contribution in [-0.2, 0) is 4.74 Å². The van der Waals surface area contributed by atoms with Gasteiger partial charge in [-0.05, 0) is 25.0 Å². The van der Waals surface area contributed by atoms with E-state index in [1.807, 2.05) is 0 Å². The van der Waals surface area contributed by atoms with Gasteiger partial charge in [0, 0.05) is 11.9 Å². The molecule has 0 aromatic heterocycles. The summed E-state index contributed by atoms with van der Waals surface area (Å²) >= 11 is 2.09. The molecule has 78 valence electrons. The van der Waals surface area contributed by atoms with Crippen LogP contribution in [0.4, 0.5) is 0 Å². The van der Waals surface area contributed by atoms with Crippen molar-refractivity contribution in [2.45, 2.75) is 50.7 Å². The summed E-state index contributed by atoms with van der Waals surface area (Å²) in [6.07, 6.45) is 8.05. The van der Waals surface area contributed by atoms with Crippen molar-refractivity contribution in [2.24, 2.45) is 0 Å². The zero-order valence-electron chi connectivity index (χ0n) is 8.76. The molecule has 0 aromatic rings. The summed E-state index contributed by atoms with van der Waals surface area (Å²) < 4.78 is 5.64. The minimum Gasteiger partial charge on any atom is -0.380 e. The maximum Gasteiger partial charge on any atom is 0.0584 e. The van der Waals surface area contributed by atoms with Crippen LogP contribution in [0.1, 0.15) is 45.4 Å². The second kappa shape index (κ2) is 7.69. The van der Waals surface area contributed by atoms with Gasteiger partial charge >= 0.3 is 0 Å². The van der Waals surface area contributed by atoms with E-state index in [0.717, 1.165) is 18.5 Å². The Bertz CT molecular complexity index is 111. The van der Waals surface area contributed by atoms with Crippen LogP contribution < -0.4 is 0 Å². The van der Waals surface area contributed by atoms with E-state index >= 15 is 0 Å². The van der Waals surface area contributed by atoms with E-state index < -0.39 is 0 Å². The monoisotopic (exact) mass is 202 g/mol. The van der Waals surface area contributed by atoms with Crippen molar-refractivity contribution < 1.29 is 4.74 Å². The van der Waals surface area contributed by atoms with Crippen molar-refractivity contribution >= 4 is 11.8 Å². The largest absolute Gasteiger partial charge is 0.380 e. The van der Waals surface area contributed by atoms with Gasteiger partial charge in [0.15, 0.2) is 0 Å². The molecule has 1 saturated heterocycles. The molecule has 1 rings (SSSR count). The third kappa shape index (κ3) is 5.58. The van der Waals surface area contributed by atoms with Crippen molar-refractivity contribution in [3.8, 4) is 0 Å². The standard InChI is InChI=1S/C11H22OS/c1-2-3-4-5-8-12-10-11-7-6-9-13-11/h11H,2-10H2,1H3. The maximum absolute atomic E-state index is 5.64. The molecule has 1 aliphatic heterocycles. The van der Waals surface area contributed by atoms with Gasteiger partial charge in [0.2, 0.25) is 0 Å². The van der Waals surface area contributed by atoms with Crippen LogP contribution in [0.2, 0.25) is 0 Å². The highest BCUT2D eigenvalue weighted by molar-refractivity contribution is 8.00. The molecule has 1 heterocycles. The number of rotatable bonds is 7. The Balaban J connectivity index is 1.78. The minimum atomic E-state index is 0.811. The van der Waals surface area contributed by atoms with E-state index in [0.29, 0.717) is 0 Å². The molecule has 0 saturated carbocycles. The SMILES string of the molecule is CCCCCCOCC1CCCS1. The summed E-state index contributed by atoms with van der Waals surface area (Å²) in [5.41, 5.74) is 0. The van der Waals surface area contributed by atoms with Gasteiger partial charge in [-0.15, -0.1) is 0 Å². The highest BCUT2D eigenvalue weighted by Crippen LogP contribution is 2.26. The van der Waals surface area contributed by atoms with Crippen molar-refractivity contribution in [1.82, 2.24) is 0 Å². The third-order valence-corrected chi connectivity index (χ3v) is 3.84. The van der Waals surface area contributed by atoms with Crippen molar-refractivity contribution in [3.63, 3.8) is 0 Å². The highest BCUT2D eigenvalue weighted by atomic mass is 32.2. The lowest BCUT2D eigenvalue weighted by atomic mass is 10.2. The lowest BCUT2D eigenvalue weighted by molar-refractivity contribution is 0.130. The molecule has 0 bridgehead atoms. The quantitative estimate of drug-likeness (QED) is 0.585. The Morgan fingerprint density at radius 3 is 2.92 bits per heavy atom. The van der Waals surface area contributed by atoms with Crippen LogP contribution >= 0.6 is 11.8 Å². The second-order valence-corrected chi connectivity index (χ2v) is 5.18. The summed E-state index contributed by atoms with van der Waals surface area (Å²) in [5.74, 6) is 1.35. The Hall–Kier alpha value is 0.310. The Labute approximate surface area is 86.6 Å². The lowest BCUT2D eigenvalue weighted by Crippen LogP contribution is -2.08. The van der Waals surface area contributed by atoms with Crippen LogP contribution in [0.25, 0.3) is 0 Å². The van der Waals surface area contributed by atoms with Crippen LogP contribution in [0, 0.1) is 0 Å². The van der Waals surface area contributed by atoms with Gasteiger partial charge in [0.25, 0.3) is 0 Å². The molecule has 1 atom stereocenters. The molecule has 1 nitrogen and oxygen atoms in total. The molecule has 0 amide bonds. The molecule has 0 N–H and O–H groups in total. The molecule has 0 aromatic carbocycles. The van der Waals surface area contributed by atoms with Gasteiger partial charge in [0.1, 0.15) is 0 Å². The number of hydrogen-bond donors (Lipinski definition) is 0. The number of thioether (sulfide) groups is 1. The zero-order chi connectivity index (χ0) is 9.36. The van der Waals surface area contributed by atoms with Gasteiger partial charge in [-0.25, -0.2) is 0 Å². The average Bonchev–Trinajstić information content (AvgIpc) is 2.63. The van der Waals surface area contributed by atoms with E-state index in [9.17, 15) is 0 Å². The average molecular weight is 202 g/mol.